The van der Waals surface area contributed by atoms with Gasteiger partial charge in [0.25, 0.3) is 5.91 Å². The molecule has 3 rings (SSSR count). The second-order valence-electron chi connectivity index (χ2n) is 5.63. The van der Waals surface area contributed by atoms with Gasteiger partial charge in [0, 0.05) is 23.5 Å². The fourth-order valence-electron chi connectivity index (χ4n) is 2.43. The molecule has 0 aliphatic carbocycles. The first kappa shape index (κ1) is 19.6. The summed E-state index contributed by atoms with van der Waals surface area (Å²) in [6.07, 6.45) is -2.25. The summed E-state index contributed by atoms with van der Waals surface area (Å²) in [5.74, 6) is -0.0474. The Morgan fingerprint density at radius 2 is 1.93 bits per heavy atom. The molecule has 0 spiro atoms. The lowest BCUT2D eigenvalue weighted by atomic mass is 10.1. The van der Waals surface area contributed by atoms with Crippen molar-refractivity contribution >= 4 is 23.3 Å². The molecule has 0 saturated carbocycles. The Hall–Kier alpha value is -3.13. The summed E-state index contributed by atoms with van der Waals surface area (Å²) < 4.78 is 43.0. The zero-order valence-electron chi connectivity index (χ0n) is 14.4. The number of carbonyl (C=O) groups is 1. The number of pyridine rings is 2. The molecule has 0 fully saturated rings. The summed E-state index contributed by atoms with van der Waals surface area (Å²) >= 11 is 6.29. The summed E-state index contributed by atoms with van der Waals surface area (Å²) in [6.45, 7) is 0. The molecule has 0 saturated heterocycles. The number of halogens is 4. The second-order valence-corrected chi connectivity index (χ2v) is 6.04. The maximum absolute atomic E-state index is 12.6. The molecular weight excluding hydrogens is 395 g/mol. The molecule has 2 aromatic heterocycles. The van der Waals surface area contributed by atoms with E-state index < -0.39 is 17.6 Å². The van der Waals surface area contributed by atoms with Gasteiger partial charge >= 0.3 is 6.18 Å². The van der Waals surface area contributed by atoms with Gasteiger partial charge in [-0.2, -0.15) is 13.2 Å². The zero-order chi connectivity index (χ0) is 20.3. The minimum Gasteiger partial charge on any atom is -0.494 e. The predicted molar refractivity (Wildman–Crippen MR) is 98.4 cm³/mol. The number of nitrogens with one attached hydrogen (secondary N) is 1. The lowest BCUT2D eigenvalue weighted by Crippen LogP contribution is -2.14. The Morgan fingerprint density at radius 1 is 1.14 bits per heavy atom. The summed E-state index contributed by atoms with van der Waals surface area (Å²) in [7, 11) is 1.51. The smallest absolute Gasteiger partial charge is 0.417 e. The number of nitrogens with zero attached hydrogens (tertiary/aromatic N) is 2. The normalized spacial score (nSPS) is 11.2. The van der Waals surface area contributed by atoms with E-state index in [-0.39, 0.29) is 16.4 Å². The first-order valence-electron chi connectivity index (χ1n) is 7.93. The van der Waals surface area contributed by atoms with Crippen LogP contribution in [0.5, 0.6) is 5.75 Å². The Balaban J connectivity index is 1.81. The molecule has 3 aromatic rings. The molecule has 1 amide bonds. The standard InChI is InChI=1S/C19H13ClF3N3O2/c1-28-15-3-2-8-24-17(15)13-6-4-11(9-14(13)20)18(27)26-16-7-5-12(10-25-16)19(21,22)23/h2-10H,1H3,(H,25,26,27). The van der Waals surface area contributed by atoms with Gasteiger partial charge in [0.05, 0.1) is 17.7 Å². The van der Waals surface area contributed by atoms with Crippen molar-refractivity contribution < 1.29 is 22.7 Å². The first-order valence-corrected chi connectivity index (χ1v) is 8.31. The van der Waals surface area contributed by atoms with Crippen LogP contribution >= 0.6 is 11.6 Å². The number of carbonyl (C=O) groups excluding carboxylic acids is 1. The first-order chi connectivity index (χ1) is 13.3. The number of rotatable bonds is 4. The molecule has 0 unspecified atom stereocenters. The van der Waals surface area contributed by atoms with Crippen LogP contribution in [-0.4, -0.2) is 23.0 Å². The van der Waals surface area contributed by atoms with Crippen LogP contribution in [0, 0.1) is 0 Å². The number of anilines is 1. The van der Waals surface area contributed by atoms with Gasteiger partial charge in [0.15, 0.2) is 0 Å². The molecule has 0 aliphatic heterocycles. The van der Waals surface area contributed by atoms with Crippen molar-refractivity contribution in [3.8, 4) is 17.0 Å². The molecule has 0 aliphatic rings. The third kappa shape index (κ3) is 4.23. The number of hydrogen-bond donors (Lipinski definition) is 1. The van der Waals surface area contributed by atoms with Crippen molar-refractivity contribution in [2.75, 3.05) is 12.4 Å². The molecule has 0 atom stereocenters. The molecule has 2 heterocycles. The van der Waals surface area contributed by atoms with Crippen LogP contribution in [0.15, 0.2) is 54.9 Å². The summed E-state index contributed by atoms with van der Waals surface area (Å²) in [4.78, 5) is 20.2. The molecular formula is C19H13ClF3N3O2. The Morgan fingerprint density at radius 3 is 2.54 bits per heavy atom. The van der Waals surface area contributed by atoms with Gasteiger partial charge in [-0.3, -0.25) is 9.78 Å². The van der Waals surface area contributed by atoms with Crippen LogP contribution in [0.4, 0.5) is 19.0 Å². The highest BCUT2D eigenvalue weighted by molar-refractivity contribution is 6.33. The summed E-state index contributed by atoms with van der Waals surface area (Å²) in [6, 6.07) is 9.94. The van der Waals surface area contributed by atoms with E-state index in [1.807, 2.05) is 0 Å². The van der Waals surface area contributed by atoms with E-state index in [1.165, 1.54) is 19.2 Å². The number of ether oxygens (including phenoxy) is 1. The SMILES string of the molecule is COc1cccnc1-c1ccc(C(=O)Nc2ccc(C(F)(F)F)cn2)cc1Cl. The Kier molecular flexibility index (Phi) is 5.51. The number of methoxy groups -OCH3 is 1. The van der Waals surface area contributed by atoms with Crippen LogP contribution in [0.1, 0.15) is 15.9 Å². The van der Waals surface area contributed by atoms with Crippen LogP contribution in [0.3, 0.4) is 0 Å². The van der Waals surface area contributed by atoms with Gasteiger partial charge in [0.1, 0.15) is 17.3 Å². The van der Waals surface area contributed by atoms with Crippen molar-refractivity contribution in [1.29, 1.82) is 0 Å². The number of amides is 1. The van der Waals surface area contributed by atoms with Crippen LogP contribution < -0.4 is 10.1 Å². The van der Waals surface area contributed by atoms with E-state index in [2.05, 4.69) is 15.3 Å². The van der Waals surface area contributed by atoms with E-state index >= 15 is 0 Å². The van der Waals surface area contributed by atoms with Gasteiger partial charge in [-0.25, -0.2) is 4.98 Å². The van der Waals surface area contributed by atoms with E-state index in [0.717, 1.165) is 12.1 Å². The summed E-state index contributed by atoms with van der Waals surface area (Å²) in [5.41, 5.74) is 0.405. The van der Waals surface area contributed by atoms with Gasteiger partial charge in [-0.15, -0.1) is 0 Å². The average molecular weight is 408 g/mol. The van der Waals surface area contributed by atoms with Crippen molar-refractivity contribution in [3.63, 3.8) is 0 Å². The lowest BCUT2D eigenvalue weighted by molar-refractivity contribution is -0.137. The van der Waals surface area contributed by atoms with Crippen molar-refractivity contribution in [2.45, 2.75) is 6.18 Å². The van der Waals surface area contributed by atoms with Gasteiger partial charge in [-0.05, 0) is 36.4 Å². The molecule has 28 heavy (non-hydrogen) atoms. The van der Waals surface area contributed by atoms with Crippen molar-refractivity contribution in [3.05, 3.63) is 71.0 Å². The highest BCUT2D eigenvalue weighted by Gasteiger charge is 2.30. The lowest BCUT2D eigenvalue weighted by Gasteiger charge is -2.11. The molecule has 9 heteroatoms. The van der Waals surface area contributed by atoms with Crippen molar-refractivity contribution in [1.82, 2.24) is 9.97 Å². The Labute approximate surface area is 163 Å². The third-order valence-corrected chi connectivity index (χ3v) is 4.12. The number of benzene rings is 1. The largest absolute Gasteiger partial charge is 0.494 e. The Bertz CT molecular complexity index is 1010. The van der Waals surface area contributed by atoms with Gasteiger partial charge in [-0.1, -0.05) is 17.7 Å². The zero-order valence-corrected chi connectivity index (χ0v) is 15.2. The highest BCUT2D eigenvalue weighted by atomic mass is 35.5. The number of hydrogen-bond acceptors (Lipinski definition) is 4. The highest BCUT2D eigenvalue weighted by Crippen LogP contribution is 2.33. The fraction of sp³-hybridized carbons (Fsp3) is 0.105. The maximum Gasteiger partial charge on any atom is 0.417 e. The predicted octanol–water partition coefficient (Wildman–Crippen LogP) is 5.08. The molecule has 0 bridgehead atoms. The quantitative estimate of drug-likeness (QED) is 0.655. The molecule has 1 N–H and O–H groups in total. The van der Waals surface area contributed by atoms with Gasteiger partial charge < -0.3 is 10.1 Å². The molecule has 5 nitrogen and oxygen atoms in total. The minimum absolute atomic E-state index is 0.00963. The average Bonchev–Trinajstić information content (AvgIpc) is 2.67. The van der Waals surface area contributed by atoms with Crippen LogP contribution in [0.2, 0.25) is 5.02 Å². The fourth-order valence-corrected chi connectivity index (χ4v) is 2.70. The van der Waals surface area contributed by atoms with Crippen molar-refractivity contribution in [2.24, 2.45) is 0 Å². The maximum atomic E-state index is 12.6. The van der Waals surface area contributed by atoms with Crippen LogP contribution in [0.25, 0.3) is 11.3 Å². The van der Waals surface area contributed by atoms with E-state index in [9.17, 15) is 18.0 Å². The second kappa shape index (κ2) is 7.85. The molecule has 144 valence electrons. The number of aromatic nitrogens is 2. The number of alkyl halides is 3. The van der Waals surface area contributed by atoms with E-state index in [0.29, 0.717) is 23.2 Å². The van der Waals surface area contributed by atoms with E-state index in [4.69, 9.17) is 16.3 Å². The molecule has 1 aromatic carbocycles. The molecule has 0 radical (unpaired) electrons. The van der Waals surface area contributed by atoms with E-state index in [1.54, 1.807) is 24.4 Å². The monoisotopic (exact) mass is 407 g/mol. The van der Waals surface area contributed by atoms with Crippen LogP contribution in [-0.2, 0) is 6.18 Å². The van der Waals surface area contributed by atoms with Gasteiger partial charge in [0.2, 0.25) is 0 Å². The topological polar surface area (TPSA) is 64.1 Å². The summed E-state index contributed by atoms with van der Waals surface area (Å²) in [5, 5.41) is 2.70. The third-order valence-electron chi connectivity index (χ3n) is 3.81. The minimum atomic E-state index is -4.49.